The van der Waals surface area contributed by atoms with Crippen LogP contribution in [0.4, 0.5) is 13.2 Å². The van der Waals surface area contributed by atoms with E-state index in [9.17, 15) is 13.2 Å². The van der Waals surface area contributed by atoms with E-state index < -0.39 is 17.8 Å². The van der Waals surface area contributed by atoms with Gasteiger partial charge in [0.1, 0.15) is 0 Å². The first-order valence-electron chi connectivity index (χ1n) is 4.56. The highest BCUT2D eigenvalue weighted by molar-refractivity contribution is 6.30. The number of alkyl halides is 3. The predicted molar refractivity (Wildman–Crippen MR) is 62.5 cm³/mol. The Morgan fingerprint density at radius 1 is 1.35 bits per heavy atom. The van der Waals surface area contributed by atoms with Gasteiger partial charge in [0.2, 0.25) is 0 Å². The number of benzene rings is 1. The average Bonchev–Trinajstić information content (AvgIpc) is 2.15. The van der Waals surface area contributed by atoms with Crippen molar-refractivity contribution >= 4 is 24.0 Å². The molecule has 1 atom stereocenters. The minimum absolute atomic E-state index is 0. The summed E-state index contributed by atoms with van der Waals surface area (Å²) in [6, 6.07) is 2.60. The molecule has 0 saturated carbocycles. The summed E-state index contributed by atoms with van der Waals surface area (Å²) in [5.41, 5.74) is 4.65. The summed E-state index contributed by atoms with van der Waals surface area (Å²) in [7, 11) is 0. The van der Waals surface area contributed by atoms with E-state index in [1.165, 1.54) is 12.1 Å². The molecule has 1 aromatic carbocycles. The van der Waals surface area contributed by atoms with E-state index in [1.54, 1.807) is 0 Å². The SMILES string of the molecule is Cl.NC(CO)Cc1cc(Cl)ccc1C(F)(F)F. The van der Waals surface area contributed by atoms with E-state index in [2.05, 4.69) is 0 Å². The van der Waals surface area contributed by atoms with Gasteiger partial charge in [-0.05, 0) is 30.2 Å². The van der Waals surface area contributed by atoms with Crippen molar-refractivity contribution in [1.82, 2.24) is 0 Å². The number of rotatable bonds is 3. The van der Waals surface area contributed by atoms with Gasteiger partial charge in [-0.25, -0.2) is 0 Å². The zero-order valence-corrected chi connectivity index (χ0v) is 10.2. The van der Waals surface area contributed by atoms with E-state index in [1.807, 2.05) is 0 Å². The molecule has 0 spiro atoms. The average molecular weight is 290 g/mol. The van der Waals surface area contributed by atoms with Crippen molar-refractivity contribution in [3.05, 3.63) is 34.3 Å². The Morgan fingerprint density at radius 3 is 2.41 bits per heavy atom. The second kappa shape index (κ2) is 6.44. The number of hydrogen-bond acceptors (Lipinski definition) is 2. The summed E-state index contributed by atoms with van der Waals surface area (Å²) in [5.74, 6) is 0. The first-order valence-corrected chi connectivity index (χ1v) is 4.94. The van der Waals surface area contributed by atoms with Crippen LogP contribution in [0.1, 0.15) is 11.1 Å². The second-order valence-corrected chi connectivity index (χ2v) is 3.88. The topological polar surface area (TPSA) is 46.2 Å². The third-order valence-electron chi connectivity index (χ3n) is 2.09. The minimum atomic E-state index is -4.44. The van der Waals surface area contributed by atoms with Crippen LogP contribution in [0.15, 0.2) is 18.2 Å². The van der Waals surface area contributed by atoms with Crippen molar-refractivity contribution in [2.45, 2.75) is 18.6 Å². The standard InChI is InChI=1S/C10H11ClF3NO.ClH/c11-7-1-2-9(10(12,13)14)6(3-7)4-8(15)5-16;/h1-3,8,16H,4-5,15H2;1H. The van der Waals surface area contributed by atoms with Gasteiger partial charge < -0.3 is 10.8 Å². The van der Waals surface area contributed by atoms with Crippen LogP contribution >= 0.6 is 24.0 Å². The minimum Gasteiger partial charge on any atom is -0.395 e. The highest BCUT2D eigenvalue weighted by atomic mass is 35.5. The third-order valence-corrected chi connectivity index (χ3v) is 2.32. The highest BCUT2D eigenvalue weighted by Gasteiger charge is 2.33. The maximum absolute atomic E-state index is 12.6. The van der Waals surface area contributed by atoms with Crippen molar-refractivity contribution in [1.29, 1.82) is 0 Å². The molecular weight excluding hydrogens is 278 g/mol. The molecule has 98 valence electrons. The van der Waals surface area contributed by atoms with Gasteiger partial charge in [-0.3, -0.25) is 0 Å². The first kappa shape index (κ1) is 16.5. The molecule has 1 rings (SSSR count). The summed E-state index contributed by atoms with van der Waals surface area (Å²) in [6.07, 6.45) is -4.50. The number of aliphatic hydroxyl groups excluding tert-OH is 1. The summed E-state index contributed by atoms with van der Waals surface area (Å²) >= 11 is 5.62. The van der Waals surface area contributed by atoms with E-state index in [4.69, 9.17) is 22.4 Å². The Balaban J connectivity index is 0.00000256. The normalized spacial score (nSPS) is 13.1. The molecule has 0 aliphatic heterocycles. The Labute approximate surface area is 108 Å². The molecule has 0 saturated heterocycles. The van der Waals surface area contributed by atoms with E-state index in [-0.39, 0.29) is 36.0 Å². The number of aliphatic hydroxyl groups is 1. The van der Waals surface area contributed by atoms with Crippen LogP contribution in [0.2, 0.25) is 5.02 Å². The fraction of sp³-hybridized carbons (Fsp3) is 0.400. The van der Waals surface area contributed by atoms with Gasteiger partial charge in [-0.15, -0.1) is 12.4 Å². The second-order valence-electron chi connectivity index (χ2n) is 3.45. The lowest BCUT2D eigenvalue weighted by Gasteiger charge is -2.15. The van der Waals surface area contributed by atoms with Crippen molar-refractivity contribution < 1.29 is 18.3 Å². The molecule has 0 bridgehead atoms. The molecule has 0 radical (unpaired) electrons. The van der Waals surface area contributed by atoms with Crippen molar-refractivity contribution in [2.75, 3.05) is 6.61 Å². The van der Waals surface area contributed by atoms with Crippen LogP contribution in [0.3, 0.4) is 0 Å². The fourth-order valence-corrected chi connectivity index (χ4v) is 1.55. The molecule has 0 amide bonds. The zero-order valence-electron chi connectivity index (χ0n) is 8.67. The Bertz CT molecular complexity index is 371. The largest absolute Gasteiger partial charge is 0.416 e. The van der Waals surface area contributed by atoms with E-state index >= 15 is 0 Å². The lowest BCUT2D eigenvalue weighted by molar-refractivity contribution is -0.138. The van der Waals surface area contributed by atoms with Gasteiger partial charge in [-0.1, -0.05) is 11.6 Å². The summed E-state index contributed by atoms with van der Waals surface area (Å²) in [6.45, 7) is -0.371. The van der Waals surface area contributed by atoms with Crippen LogP contribution in [0, 0.1) is 0 Å². The van der Waals surface area contributed by atoms with Gasteiger partial charge in [0.25, 0.3) is 0 Å². The first-order chi connectivity index (χ1) is 7.34. The molecule has 0 aliphatic rings. The van der Waals surface area contributed by atoms with E-state index in [0.717, 1.165) is 6.07 Å². The van der Waals surface area contributed by atoms with Crippen LogP contribution in [0.25, 0.3) is 0 Å². The van der Waals surface area contributed by atoms with Gasteiger partial charge in [0.15, 0.2) is 0 Å². The van der Waals surface area contributed by atoms with Gasteiger partial charge in [-0.2, -0.15) is 13.2 Å². The number of nitrogens with two attached hydrogens (primary N) is 1. The van der Waals surface area contributed by atoms with Gasteiger partial charge >= 0.3 is 6.18 Å². The van der Waals surface area contributed by atoms with Crippen LogP contribution in [-0.2, 0) is 12.6 Å². The van der Waals surface area contributed by atoms with Crippen molar-refractivity contribution in [3.8, 4) is 0 Å². The molecule has 3 N–H and O–H groups in total. The number of hydrogen-bond donors (Lipinski definition) is 2. The Hall–Kier alpha value is -0.490. The van der Waals surface area contributed by atoms with Crippen LogP contribution < -0.4 is 5.73 Å². The number of halogens is 5. The smallest absolute Gasteiger partial charge is 0.395 e. The molecule has 0 fully saturated rings. The lowest BCUT2D eigenvalue weighted by atomic mass is 10.0. The maximum Gasteiger partial charge on any atom is 0.416 e. The van der Waals surface area contributed by atoms with Crippen LogP contribution in [-0.4, -0.2) is 17.8 Å². The van der Waals surface area contributed by atoms with E-state index in [0.29, 0.717) is 0 Å². The monoisotopic (exact) mass is 289 g/mol. The van der Waals surface area contributed by atoms with Gasteiger partial charge in [0, 0.05) is 11.1 Å². The lowest BCUT2D eigenvalue weighted by Crippen LogP contribution is -2.28. The zero-order chi connectivity index (χ0) is 12.3. The molecule has 2 nitrogen and oxygen atoms in total. The predicted octanol–water partition coefficient (Wildman–Crippen LogP) is 2.64. The van der Waals surface area contributed by atoms with Gasteiger partial charge in [0.05, 0.1) is 12.2 Å². The molecule has 0 heterocycles. The highest BCUT2D eigenvalue weighted by Crippen LogP contribution is 2.33. The van der Waals surface area contributed by atoms with Crippen molar-refractivity contribution in [3.63, 3.8) is 0 Å². The summed E-state index contributed by atoms with van der Waals surface area (Å²) < 4.78 is 37.8. The molecular formula is C10H12Cl2F3NO. The molecule has 7 heteroatoms. The van der Waals surface area contributed by atoms with Crippen LogP contribution in [0.5, 0.6) is 0 Å². The molecule has 0 aromatic heterocycles. The Kier molecular flexibility index (Phi) is 6.26. The van der Waals surface area contributed by atoms with Crippen molar-refractivity contribution in [2.24, 2.45) is 5.73 Å². The molecule has 1 aromatic rings. The summed E-state index contributed by atoms with van der Waals surface area (Å²) in [4.78, 5) is 0. The Morgan fingerprint density at radius 2 is 1.94 bits per heavy atom. The molecule has 17 heavy (non-hydrogen) atoms. The maximum atomic E-state index is 12.6. The quantitative estimate of drug-likeness (QED) is 0.899. The summed E-state index contributed by atoms with van der Waals surface area (Å²) in [5, 5.41) is 8.94. The molecule has 1 unspecified atom stereocenters. The third kappa shape index (κ3) is 4.71. The molecule has 0 aliphatic carbocycles. The fourth-order valence-electron chi connectivity index (χ4n) is 1.35.